The quantitative estimate of drug-likeness (QED) is 0.682. The van der Waals surface area contributed by atoms with Gasteiger partial charge in [0.05, 0.1) is 6.26 Å². The third-order valence-electron chi connectivity index (χ3n) is 1.76. The Kier molecular flexibility index (Phi) is 1.89. The zero-order valence-corrected chi connectivity index (χ0v) is 7.77. The number of hydrogen-bond acceptors (Lipinski definition) is 1. The molecule has 1 nitrogen and oxygen atoms in total. The molecule has 2 rings (SSSR count). The maximum absolute atomic E-state index is 12.7. The highest BCUT2D eigenvalue weighted by molar-refractivity contribution is 9.08. The van der Waals surface area contributed by atoms with Crippen LogP contribution in [-0.4, -0.2) is 0 Å². The Hall–Kier alpha value is -0.830. The molecule has 0 atom stereocenters. The van der Waals surface area contributed by atoms with Crippen LogP contribution in [0.5, 0.6) is 0 Å². The molecule has 1 aromatic carbocycles. The minimum atomic E-state index is -0.266. The Labute approximate surface area is 77.3 Å². The van der Waals surface area contributed by atoms with Gasteiger partial charge in [0.1, 0.15) is 11.4 Å². The van der Waals surface area contributed by atoms with E-state index in [9.17, 15) is 4.39 Å². The van der Waals surface area contributed by atoms with Crippen molar-refractivity contribution < 1.29 is 8.81 Å². The van der Waals surface area contributed by atoms with Crippen molar-refractivity contribution in [1.82, 2.24) is 0 Å². The molecule has 1 aromatic heterocycles. The lowest BCUT2D eigenvalue weighted by atomic mass is 10.2. The third kappa shape index (κ3) is 1.14. The number of fused-ring (bicyclic) bond motifs is 1. The van der Waals surface area contributed by atoms with Crippen LogP contribution >= 0.6 is 15.9 Å². The van der Waals surface area contributed by atoms with Gasteiger partial charge in [-0.05, 0) is 12.1 Å². The second-order valence-corrected chi connectivity index (χ2v) is 3.10. The van der Waals surface area contributed by atoms with E-state index < -0.39 is 0 Å². The van der Waals surface area contributed by atoms with Crippen LogP contribution in [0, 0.1) is 5.82 Å². The summed E-state index contributed by atoms with van der Waals surface area (Å²) in [5, 5.41) is 1.69. The molecule has 0 N–H and O–H groups in total. The van der Waals surface area contributed by atoms with E-state index in [1.165, 1.54) is 12.1 Å². The maximum atomic E-state index is 12.7. The fraction of sp³-hybridized carbons (Fsp3) is 0.111. The smallest absolute Gasteiger partial charge is 0.137 e. The van der Waals surface area contributed by atoms with Crippen molar-refractivity contribution in [3.63, 3.8) is 0 Å². The highest BCUT2D eigenvalue weighted by Crippen LogP contribution is 2.23. The summed E-state index contributed by atoms with van der Waals surface area (Å²) in [6, 6.07) is 4.55. The standard InChI is InChI=1S/C9H6BrFO/c10-4-6-5-12-9-3-7(11)1-2-8(6)9/h1-3,5H,4H2. The molecule has 3 heteroatoms. The molecule has 1 heterocycles. The lowest BCUT2D eigenvalue weighted by Crippen LogP contribution is -1.74. The van der Waals surface area contributed by atoms with Crippen LogP contribution < -0.4 is 0 Å². The Bertz CT molecular complexity index is 408. The Balaban J connectivity index is 2.73. The number of halogens is 2. The van der Waals surface area contributed by atoms with Gasteiger partial charge in [-0.1, -0.05) is 15.9 Å². The van der Waals surface area contributed by atoms with E-state index in [4.69, 9.17) is 4.42 Å². The van der Waals surface area contributed by atoms with Crippen molar-refractivity contribution >= 4 is 26.9 Å². The topological polar surface area (TPSA) is 13.1 Å². The number of rotatable bonds is 1. The summed E-state index contributed by atoms with van der Waals surface area (Å²) < 4.78 is 17.8. The molecular formula is C9H6BrFO. The van der Waals surface area contributed by atoms with Crippen molar-refractivity contribution in [2.45, 2.75) is 5.33 Å². The second kappa shape index (κ2) is 2.90. The lowest BCUT2D eigenvalue weighted by Gasteiger charge is -1.90. The summed E-state index contributed by atoms with van der Waals surface area (Å²) in [6.07, 6.45) is 1.64. The van der Waals surface area contributed by atoms with Crippen LogP contribution in [0.1, 0.15) is 5.56 Å². The summed E-state index contributed by atoms with van der Waals surface area (Å²) in [5.74, 6) is -0.266. The minimum Gasteiger partial charge on any atom is -0.464 e. The van der Waals surface area contributed by atoms with Crippen LogP contribution in [0.3, 0.4) is 0 Å². The molecule has 62 valence electrons. The van der Waals surface area contributed by atoms with E-state index in [-0.39, 0.29) is 5.82 Å². The highest BCUT2D eigenvalue weighted by atomic mass is 79.9. The summed E-state index contributed by atoms with van der Waals surface area (Å²) in [4.78, 5) is 0. The van der Waals surface area contributed by atoms with E-state index in [1.54, 1.807) is 12.3 Å². The van der Waals surface area contributed by atoms with E-state index >= 15 is 0 Å². The van der Waals surface area contributed by atoms with Crippen LogP contribution in [0.15, 0.2) is 28.9 Å². The first-order valence-corrected chi connectivity index (χ1v) is 4.65. The fourth-order valence-corrected chi connectivity index (χ4v) is 1.59. The van der Waals surface area contributed by atoms with Gasteiger partial charge in [0.25, 0.3) is 0 Å². The molecular weight excluding hydrogens is 223 g/mol. The Morgan fingerprint density at radius 2 is 2.25 bits per heavy atom. The molecule has 2 aromatic rings. The van der Waals surface area contributed by atoms with Crippen LogP contribution in [-0.2, 0) is 5.33 Å². The first-order chi connectivity index (χ1) is 5.81. The SMILES string of the molecule is Fc1ccc2c(CBr)coc2c1. The predicted octanol–water partition coefficient (Wildman–Crippen LogP) is 3.47. The summed E-state index contributed by atoms with van der Waals surface area (Å²) in [5.41, 5.74) is 1.65. The molecule has 0 saturated heterocycles. The molecule has 0 fully saturated rings. The van der Waals surface area contributed by atoms with Gasteiger partial charge in [-0.3, -0.25) is 0 Å². The molecule has 0 aliphatic carbocycles. The van der Waals surface area contributed by atoms with E-state index in [0.717, 1.165) is 16.3 Å². The number of hydrogen-bond donors (Lipinski definition) is 0. The first kappa shape index (κ1) is 7.80. The maximum Gasteiger partial charge on any atom is 0.137 e. The molecule has 0 aliphatic rings. The highest BCUT2D eigenvalue weighted by Gasteiger charge is 2.04. The summed E-state index contributed by atoms with van der Waals surface area (Å²) in [6.45, 7) is 0. The monoisotopic (exact) mass is 228 g/mol. The van der Waals surface area contributed by atoms with Crippen molar-refractivity contribution in [3.8, 4) is 0 Å². The molecule has 0 radical (unpaired) electrons. The predicted molar refractivity (Wildman–Crippen MR) is 48.8 cm³/mol. The average molecular weight is 229 g/mol. The van der Waals surface area contributed by atoms with E-state index in [2.05, 4.69) is 15.9 Å². The van der Waals surface area contributed by atoms with Gasteiger partial charge in [-0.2, -0.15) is 0 Å². The fourth-order valence-electron chi connectivity index (χ4n) is 1.16. The molecule has 12 heavy (non-hydrogen) atoms. The average Bonchev–Trinajstić information content (AvgIpc) is 2.46. The number of benzene rings is 1. The molecule has 0 amide bonds. The third-order valence-corrected chi connectivity index (χ3v) is 2.37. The van der Waals surface area contributed by atoms with Gasteiger partial charge in [0, 0.05) is 22.3 Å². The van der Waals surface area contributed by atoms with Gasteiger partial charge in [-0.15, -0.1) is 0 Å². The minimum absolute atomic E-state index is 0.266. The van der Waals surface area contributed by atoms with Crippen molar-refractivity contribution in [1.29, 1.82) is 0 Å². The van der Waals surface area contributed by atoms with Gasteiger partial charge in [0.15, 0.2) is 0 Å². The number of alkyl halides is 1. The molecule has 0 bridgehead atoms. The first-order valence-electron chi connectivity index (χ1n) is 3.53. The van der Waals surface area contributed by atoms with Gasteiger partial charge in [0.2, 0.25) is 0 Å². The van der Waals surface area contributed by atoms with Crippen molar-refractivity contribution in [2.75, 3.05) is 0 Å². The van der Waals surface area contributed by atoms with Crippen LogP contribution in [0.4, 0.5) is 4.39 Å². The largest absolute Gasteiger partial charge is 0.464 e. The molecule has 0 aliphatic heterocycles. The van der Waals surface area contributed by atoms with E-state index in [1.807, 2.05) is 0 Å². The van der Waals surface area contributed by atoms with Crippen molar-refractivity contribution in [2.24, 2.45) is 0 Å². The summed E-state index contributed by atoms with van der Waals surface area (Å²) >= 11 is 3.32. The molecule has 0 unspecified atom stereocenters. The van der Waals surface area contributed by atoms with Gasteiger partial charge >= 0.3 is 0 Å². The number of furan rings is 1. The Morgan fingerprint density at radius 3 is 3.00 bits per heavy atom. The molecule has 0 spiro atoms. The van der Waals surface area contributed by atoms with Crippen molar-refractivity contribution in [3.05, 3.63) is 35.8 Å². The lowest BCUT2D eigenvalue weighted by molar-refractivity contribution is 0.597. The van der Waals surface area contributed by atoms with Gasteiger partial charge in [-0.25, -0.2) is 4.39 Å². The van der Waals surface area contributed by atoms with Crippen LogP contribution in [0.25, 0.3) is 11.0 Å². The van der Waals surface area contributed by atoms with Gasteiger partial charge < -0.3 is 4.42 Å². The van der Waals surface area contributed by atoms with E-state index in [0.29, 0.717) is 5.58 Å². The Morgan fingerprint density at radius 1 is 1.42 bits per heavy atom. The van der Waals surface area contributed by atoms with Crippen LogP contribution in [0.2, 0.25) is 0 Å². The summed E-state index contributed by atoms with van der Waals surface area (Å²) in [7, 11) is 0. The molecule has 0 saturated carbocycles. The normalized spacial score (nSPS) is 10.8. The second-order valence-electron chi connectivity index (χ2n) is 2.54. The zero-order chi connectivity index (χ0) is 8.55. The zero-order valence-electron chi connectivity index (χ0n) is 6.18.